The van der Waals surface area contributed by atoms with Gasteiger partial charge < -0.3 is 10.1 Å². The molecular weight excluding hydrogens is 236 g/mol. The molecule has 1 rings (SSSR count). The third-order valence-corrected chi connectivity index (χ3v) is 2.65. The highest BCUT2D eigenvalue weighted by molar-refractivity contribution is 5.46. The molecule has 0 bridgehead atoms. The molecule has 1 aromatic rings. The molecule has 18 heavy (non-hydrogen) atoms. The van der Waals surface area contributed by atoms with E-state index in [0.717, 1.165) is 6.42 Å². The standard InChI is InChI=1S/C14H21F2NO/c1-10(2)4-6-18-7-5-17-14-9-12(15)11(3)8-13(14)16/h8-10,17H,4-7H2,1-3H3. The number of hydrogen-bond donors (Lipinski definition) is 1. The van der Waals surface area contributed by atoms with Crippen molar-refractivity contribution in [1.82, 2.24) is 0 Å². The van der Waals surface area contributed by atoms with E-state index >= 15 is 0 Å². The average molecular weight is 257 g/mol. The second-order valence-electron chi connectivity index (χ2n) is 4.80. The number of hydrogen-bond acceptors (Lipinski definition) is 2. The van der Waals surface area contributed by atoms with Crippen molar-refractivity contribution in [3.05, 3.63) is 29.3 Å². The van der Waals surface area contributed by atoms with Crippen molar-refractivity contribution in [3.63, 3.8) is 0 Å². The summed E-state index contributed by atoms with van der Waals surface area (Å²) in [5, 5.41) is 2.83. The van der Waals surface area contributed by atoms with E-state index in [1.165, 1.54) is 19.1 Å². The molecule has 4 heteroatoms. The van der Waals surface area contributed by atoms with Crippen LogP contribution in [-0.2, 0) is 4.74 Å². The van der Waals surface area contributed by atoms with Crippen LogP contribution in [0.2, 0.25) is 0 Å². The van der Waals surface area contributed by atoms with Crippen molar-refractivity contribution in [1.29, 1.82) is 0 Å². The molecule has 0 radical (unpaired) electrons. The van der Waals surface area contributed by atoms with Gasteiger partial charge >= 0.3 is 0 Å². The van der Waals surface area contributed by atoms with Gasteiger partial charge in [0, 0.05) is 19.2 Å². The van der Waals surface area contributed by atoms with Crippen LogP contribution < -0.4 is 5.32 Å². The highest BCUT2D eigenvalue weighted by Crippen LogP contribution is 2.18. The summed E-state index contributed by atoms with van der Waals surface area (Å²) in [6.07, 6.45) is 1.01. The summed E-state index contributed by atoms with van der Waals surface area (Å²) in [6, 6.07) is 2.37. The number of anilines is 1. The Kier molecular flexibility index (Phi) is 6.05. The predicted molar refractivity (Wildman–Crippen MR) is 69.9 cm³/mol. The van der Waals surface area contributed by atoms with Gasteiger partial charge in [0.25, 0.3) is 0 Å². The van der Waals surface area contributed by atoms with Crippen molar-refractivity contribution >= 4 is 5.69 Å². The van der Waals surface area contributed by atoms with Crippen molar-refractivity contribution < 1.29 is 13.5 Å². The molecule has 0 fully saturated rings. The molecule has 0 atom stereocenters. The Morgan fingerprint density at radius 2 is 1.89 bits per heavy atom. The zero-order valence-electron chi connectivity index (χ0n) is 11.2. The Hall–Kier alpha value is -1.16. The molecular formula is C14H21F2NO. The highest BCUT2D eigenvalue weighted by Gasteiger charge is 2.06. The van der Waals surface area contributed by atoms with Crippen LogP contribution in [0.4, 0.5) is 14.5 Å². The van der Waals surface area contributed by atoms with E-state index in [0.29, 0.717) is 31.2 Å². The maximum atomic E-state index is 13.4. The molecule has 0 saturated heterocycles. The topological polar surface area (TPSA) is 21.3 Å². The van der Waals surface area contributed by atoms with Gasteiger partial charge in [-0.3, -0.25) is 0 Å². The van der Waals surface area contributed by atoms with Crippen LogP contribution in [-0.4, -0.2) is 19.8 Å². The molecule has 0 aromatic heterocycles. The molecule has 0 unspecified atom stereocenters. The summed E-state index contributed by atoms with van der Waals surface area (Å²) in [5.41, 5.74) is 0.497. The van der Waals surface area contributed by atoms with Gasteiger partial charge in [-0.2, -0.15) is 0 Å². The van der Waals surface area contributed by atoms with Gasteiger partial charge in [0.1, 0.15) is 11.6 Å². The van der Waals surface area contributed by atoms with Crippen LogP contribution >= 0.6 is 0 Å². The van der Waals surface area contributed by atoms with E-state index in [4.69, 9.17) is 4.74 Å². The average Bonchev–Trinajstić information content (AvgIpc) is 2.29. The second-order valence-corrected chi connectivity index (χ2v) is 4.80. The van der Waals surface area contributed by atoms with Crippen LogP contribution in [0.25, 0.3) is 0 Å². The Morgan fingerprint density at radius 1 is 1.17 bits per heavy atom. The maximum Gasteiger partial charge on any atom is 0.146 e. The van der Waals surface area contributed by atoms with Crippen molar-refractivity contribution in [2.75, 3.05) is 25.1 Å². The molecule has 0 heterocycles. The van der Waals surface area contributed by atoms with E-state index in [-0.39, 0.29) is 5.69 Å². The lowest BCUT2D eigenvalue weighted by Gasteiger charge is -2.10. The Labute approximate surface area is 107 Å². The summed E-state index contributed by atoms with van der Waals surface area (Å²) in [5.74, 6) is -0.225. The fraction of sp³-hybridized carbons (Fsp3) is 0.571. The number of aryl methyl sites for hydroxylation is 1. The minimum absolute atomic E-state index is 0.186. The fourth-order valence-corrected chi connectivity index (χ4v) is 1.46. The zero-order chi connectivity index (χ0) is 13.5. The lowest BCUT2D eigenvalue weighted by Crippen LogP contribution is -2.12. The van der Waals surface area contributed by atoms with E-state index in [1.54, 1.807) is 0 Å². The van der Waals surface area contributed by atoms with Crippen molar-refractivity contribution in [2.45, 2.75) is 27.2 Å². The molecule has 1 aromatic carbocycles. The van der Waals surface area contributed by atoms with Gasteiger partial charge in [0.15, 0.2) is 0 Å². The van der Waals surface area contributed by atoms with Crippen LogP contribution in [0, 0.1) is 24.5 Å². The lowest BCUT2D eigenvalue weighted by atomic mass is 10.1. The minimum atomic E-state index is -0.434. The minimum Gasteiger partial charge on any atom is -0.380 e. The Balaban J connectivity index is 2.29. The van der Waals surface area contributed by atoms with Crippen LogP contribution in [0.3, 0.4) is 0 Å². The lowest BCUT2D eigenvalue weighted by molar-refractivity contribution is 0.132. The van der Waals surface area contributed by atoms with Gasteiger partial charge in [-0.05, 0) is 30.9 Å². The van der Waals surface area contributed by atoms with Gasteiger partial charge in [0.05, 0.1) is 12.3 Å². The van der Waals surface area contributed by atoms with E-state index in [1.807, 2.05) is 0 Å². The molecule has 0 aliphatic heterocycles. The SMILES string of the molecule is Cc1cc(F)c(NCCOCCC(C)C)cc1F. The molecule has 0 aliphatic rings. The first-order valence-electron chi connectivity index (χ1n) is 6.28. The van der Waals surface area contributed by atoms with E-state index < -0.39 is 11.6 Å². The van der Waals surface area contributed by atoms with Gasteiger partial charge in [-0.25, -0.2) is 8.78 Å². The van der Waals surface area contributed by atoms with E-state index in [2.05, 4.69) is 19.2 Å². The summed E-state index contributed by atoms with van der Waals surface area (Å²) in [7, 11) is 0. The predicted octanol–water partition coefficient (Wildman–Crippen LogP) is 3.75. The molecule has 0 spiro atoms. The smallest absolute Gasteiger partial charge is 0.146 e. The highest BCUT2D eigenvalue weighted by atomic mass is 19.1. The first-order valence-corrected chi connectivity index (χ1v) is 6.28. The van der Waals surface area contributed by atoms with Crippen molar-refractivity contribution in [3.8, 4) is 0 Å². The molecule has 0 aliphatic carbocycles. The van der Waals surface area contributed by atoms with Crippen LogP contribution in [0.1, 0.15) is 25.8 Å². The molecule has 2 nitrogen and oxygen atoms in total. The number of nitrogens with one attached hydrogen (secondary N) is 1. The van der Waals surface area contributed by atoms with Crippen LogP contribution in [0.15, 0.2) is 12.1 Å². The maximum absolute atomic E-state index is 13.4. The summed E-state index contributed by atoms with van der Waals surface area (Å²) >= 11 is 0. The van der Waals surface area contributed by atoms with Gasteiger partial charge in [0.2, 0.25) is 0 Å². The normalized spacial score (nSPS) is 11.0. The third kappa shape index (κ3) is 5.00. The summed E-state index contributed by atoms with van der Waals surface area (Å²) in [6.45, 7) is 7.46. The Morgan fingerprint density at radius 3 is 2.56 bits per heavy atom. The first-order chi connectivity index (χ1) is 8.50. The summed E-state index contributed by atoms with van der Waals surface area (Å²) in [4.78, 5) is 0. The van der Waals surface area contributed by atoms with Crippen LogP contribution in [0.5, 0.6) is 0 Å². The van der Waals surface area contributed by atoms with E-state index in [9.17, 15) is 8.78 Å². The molecule has 1 N–H and O–H groups in total. The fourth-order valence-electron chi connectivity index (χ4n) is 1.46. The number of ether oxygens (including phenoxy) is 1. The molecule has 102 valence electrons. The Bertz CT molecular complexity index is 380. The first kappa shape index (κ1) is 14.9. The number of rotatable bonds is 7. The van der Waals surface area contributed by atoms with Crippen molar-refractivity contribution in [2.24, 2.45) is 5.92 Å². The van der Waals surface area contributed by atoms with Gasteiger partial charge in [-0.1, -0.05) is 13.8 Å². The molecule has 0 saturated carbocycles. The second kappa shape index (κ2) is 7.31. The number of halogens is 2. The quantitative estimate of drug-likeness (QED) is 0.751. The largest absolute Gasteiger partial charge is 0.380 e. The number of benzene rings is 1. The monoisotopic (exact) mass is 257 g/mol. The zero-order valence-corrected chi connectivity index (χ0v) is 11.2. The third-order valence-electron chi connectivity index (χ3n) is 2.65. The summed E-state index contributed by atoms with van der Waals surface area (Å²) < 4.78 is 32.1. The van der Waals surface area contributed by atoms with Gasteiger partial charge in [-0.15, -0.1) is 0 Å². The molecule has 0 amide bonds.